The Labute approximate surface area is 114 Å². The second-order valence-electron chi connectivity index (χ2n) is 5.16. The van der Waals surface area contributed by atoms with Crippen molar-refractivity contribution in [2.45, 2.75) is 19.3 Å². The fraction of sp³-hybridized carbons (Fsp3) is 0.750. The quantitative estimate of drug-likeness (QED) is 0.764. The molecular weight excluding hydrogens is 264 g/mol. The van der Waals surface area contributed by atoms with E-state index in [-0.39, 0.29) is 11.7 Å². The van der Waals surface area contributed by atoms with Crippen LogP contribution in [0.2, 0.25) is 0 Å². The van der Waals surface area contributed by atoms with E-state index < -0.39 is 10.0 Å². The molecule has 1 aromatic heterocycles. The zero-order valence-electron chi connectivity index (χ0n) is 11.3. The zero-order valence-corrected chi connectivity index (χ0v) is 12.1. The lowest BCUT2D eigenvalue weighted by molar-refractivity contribution is 0.403. The van der Waals surface area contributed by atoms with Crippen LogP contribution in [0, 0.1) is 5.92 Å². The lowest BCUT2D eigenvalue weighted by Crippen LogP contribution is -2.38. The van der Waals surface area contributed by atoms with Crippen LogP contribution < -0.4 is 10.0 Å². The van der Waals surface area contributed by atoms with Gasteiger partial charge in [0, 0.05) is 19.8 Å². The van der Waals surface area contributed by atoms with Crippen LogP contribution in [-0.4, -0.2) is 43.6 Å². The Kier molecular flexibility index (Phi) is 4.95. The van der Waals surface area contributed by atoms with Gasteiger partial charge in [-0.05, 0) is 43.8 Å². The van der Waals surface area contributed by atoms with Crippen molar-refractivity contribution in [1.29, 1.82) is 0 Å². The van der Waals surface area contributed by atoms with E-state index in [0.717, 1.165) is 31.5 Å². The van der Waals surface area contributed by atoms with Crippen LogP contribution in [0.5, 0.6) is 0 Å². The first-order valence-electron chi connectivity index (χ1n) is 6.71. The molecule has 6 nitrogen and oxygen atoms in total. The molecule has 1 aliphatic heterocycles. The number of nitrogens with zero attached hydrogens (tertiary/aromatic N) is 2. The average Bonchev–Trinajstić information content (AvgIpc) is 2.75. The van der Waals surface area contributed by atoms with Crippen LogP contribution in [0.15, 0.2) is 12.4 Å². The summed E-state index contributed by atoms with van der Waals surface area (Å²) in [7, 11) is -1.31. The number of sulfonamides is 1. The van der Waals surface area contributed by atoms with E-state index in [0.29, 0.717) is 13.0 Å². The maximum absolute atomic E-state index is 11.9. The lowest BCUT2D eigenvalue weighted by Gasteiger charge is -2.22. The number of piperidine rings is 1. The fourth-order valence-electron chi connectivity index (χ4n) is 2.39. The minimum Gasteiger partial charge on any atom is -0.316 e. The van der Waals surface area contributed by atoms with E-state index in [1.807, 2.05) is 13.2 Å². The van der Waals surface area contributed by atoms with Gasteiger partial charge in [-0.1, -0.05) is 0 Å². The first-order chi connectivity index (χ1) is 9.05. The summed E-state index contributed by atoms with van der Waals surface area (Å²) in [6.45, 7) is 2.25. The van der Waals surface area contributed by atoms with Gasteiger partial charge in [0.2, 0.25) is 10.0 Å². The molecule has 1 aromatic rings. The minimum atomic E-state index is -3.16. The highest BCUT2D eigenvalue weighted by atomic mass is 32.2. The fourth-order valence-corrected chi connectivity index (χ4v) is 3.82. The van der Waals surface area contributed by atoms with Crippen molar-refractivity contribution in [3.05, 3.63) is 18.0 Å². The second kappa shape index (κ2) is 6.49. The van der Waals surface area contributed by atoms with E-state index in [1.54, 1.807) is 10.9 Å². The summed E-state index contributed by atoms with van der Waals surface area (Å²) in [6.07, 6.45) is 6.40. The molecule has 0 aromatic carbocycles. The predicted molar refractivity (Wildman–Crippen MR) is 74.3 cm³/mol. The molecule has 1 aliphatic rings. The molecule has 108 valence electrons. The van der Waals surface area contributed by atoms with Gasteiger partial charge in [-0.2, -0.15) is 5.10 Å². The number of rotatable bonds is 6. The predicted octanol–water partition coefficient (Wildman–Crippen LogP) is -0.118. The molecule has 2 heterocycles. The summed E-state index contributed by atoms with van der Waals surface area (Å²) in [5, 5.41) is 7.30. The molecule has 0 amide bonds. The normalized spacial score (nSPS) is 20.6. The zero-order chi connectivity index (χ0) is 13.7. The Balaban J connectivity index is 1.74. The Morgan fingerprint density at radius 3 is 3.05 bits per heavy atom. The van der Waals surface area contributed by atoms with Gasteiger partial charge < -0.3 is 5.32 Å². The van der Waals surface area contributed by atoms with Gasteiger partial charge in [-0.25, -0.2) is 13.1 Å². The van der Waals surface area contributed by atoms with Crippen molar-refractivity contribution in [3.8, 4) is 0 Å². The van der Waals surface area contributed by atoms with E-state index in [1.165, 1.54) is 0 Å². The van der Waals surface area contributed by atoms with Crippen molar-refractivity contribution in [2.24, 2.45) is 13.0 Å². The van der Waals surface area contributed by atoms with Gasteiger partial charge in [0.25, 0.3) is 0 Å². The highest BCUT2D eigenvalue weighted by molar-refractivity contribution is 7.89. The summed E-state index contributed by atoms with van der Waals surface area (Å²) in [5.41, 5.74) is 1.05. The van der Waals surface area contributed by atoms with Gasteiger partial charge in [-0.3, -0.25) is 4.68 Å². The largest absolute Gasteiger partial charge is 0.316 e. The van der Waals surface area contributed by atoms with Gasteiger partial charge >= 0.3 is 0 Å². The molecule has 2 rings (SSSR count). The summed E-state index contributed by atoms with van der Waals surface area (Å²) in [6, 6.07) is 0. The van der Waals surface area contributed by atoms with Crippen LogP contribution in [0.4, 0.5) is 0 Å². The number of nitrogens with one attached hydrogen (secondary N) is 2. The molecule has 0 radical (unpaired) electrons. The molecule has 0 aliphatic carbocycles. The summed E-state index contributed by atoms with van der Waals surface area (Å²) >= 11 is 0. The third kappa shape index (κ3) is 4.93. The standard InChI is InChI=1S/C12H22N4O2S/c1-16-9-11(8-14-16)4-6-15-19(17,18)10-12-3-2-5-13-7-12/h8-9,12-13,15H,2-7,10H2,1H3. The highest BCUT2D eigenvalue weighted by Crippen LogP contribution is 2.11. The maximum atomic E-state index is 11.9. The summed E-state index contributed by atoms with van der Waals surface area (Å²) in [5.74, 6) is 0.470. The van der Waals surface area contributed by atoms with E-state index >= 15 is 0 Å². The van der Waals surface area contributed by atoms with E-state index in [9.17, 15) is 8.42 Å². The van der Waals surface area contributed by atoms with Crippen LogP contribution in [-0.2, 0) is 23.5 Å². The smallest absolute Gasteiger partial charge is 0.211 e. The SMILES string of the molecule is Cn1cc(CCNS(=O)(=O)CC2CCCNC2)cn1. The molecule has 1 saturated heterocycles. The second-order valence-corrected chi connectivity index (χ2v) is 7.01. The summed E-state index contributed by atoms with van der Waals surface area (Å²) < 4.78 is 28.3. The van der Waals surface area contributed by atoms with Crippen molar-refractivity contribution in [2.75, 3.05) is 25.4 Å². The van der Waals surface area contributed by atoms with Crippen LogP contribution in [0.1, 0.15) is 18.4 Å². The number of hydrogen-bond donors (Lipinski definition) is 2. The first-order valence-corrected chi connectivity index (χ1v) is 8.36. The third-order valence-electron chi connectivity index (χ3n) is 3.35. The minimum absolute atomic E-state index is 0.229. The molecule has 7 heteroatoms. The Morgan fingerprint density at radius 2 is 2.42 bits per heavy atom. The van der Waals surface area contributed by atoms with Crippen molar-refractivity contribution >= 4 is 10.0 Å². The van der Waals surface area contributed by atoms with E-state index in [2.05, 4.69) is 15.1 Å². The molecule has 1 atom stereocenters. The Morgan fingerprint density at radius 1 is 1.58 bits per heavy atom. The number of aromatic nitrogens is 2. The molecule has 0 spiro atoms. The van der Waals surface area contributed by atoms with Gasteiger partial charge in [-0.15, -0.1) is 0 Å². The Hall–Kier alpha value is -0.920. The lowest BCUT2D eigenvalue weighted by atomic mass is 10.0. The van der Waals surface area contributed by atoms with Crippen molar-refractivity contribution in [1.82, 2.24) is 19.8 Å². The van der Waals surface area contributed by atoms with Gasteiger partial charge in [0.05, 0.1) is 11.9 Å². The average molecular weight is 286 g/mol. The molecule has 19 heavy (non-hydrogen) atoms. The third-order valence-corrected chi connectivity index (χ3v) is 4.90. The molecule has 0 saturated carbocycles. The molecule has 0 bridgehead atoms. The van der Waals surface area contributed by atoms with Crippen molar-refractivity contribution in [3.63, 3.8) is 0 Å². The van der Waals surface area contributed by atoms with Crippen LogP contribution in [0.25, 0.3) is 0 Å². The molecular formula is C12H22N4O2S. The van der Waals surface area contributed by atoms with Gasteiger partial charge in [0.15, 0.2) is 0 Å². The summed E-state index contributed by atoms with van der Waals surface area (Å²) in [4.78, 5) is 0. The number of hydrogen-bond acceptors (Lipinski definition) is 4. The highest BCUT2D eigenvalue weighted by Gasteiger charge is 2.20. The monoisotopic (exact) mass is 286 g/mol. The molecule has 1 fully saturated rings. The first kappa shape index (κ1) is 14.5. The van der Waals surface area contributed by atoms with E-state index in [4.69, 9.17) is 0 Å². The van der Waals surface area contributed by atoms with Crippen molar-refractivity contribution < 1.29 is 8.42 Å². The van der Waals surface area contributed by atoms with Crippen LogP contribution >= 0.6 is 0 Å². The van der Waals surface area contributed by atoms with Crippen LogP contribution in [0.3, 0.4) is 0 Å². The van der Waals surface area contributed by atoms with Gasteiger partial charge in [0.1, 0.15) is 0 Å². The molecule has 1 unspecified atom stereocenters. The number of aryl methyl sites for hydroxylation is 1. The Bertz CT molecular complexity index is 492. The molecule has 2 N–H and O–H groups in total. The topological polar surface area (TPSA) is 76.0 Å². The maximum Gasteiger partial charge on any atom is 0.211 e.